The van der Waals surface area contributed by atoms with Gasteiger partial charge in [0.25, 0.3) is 0 Å². The van der Waals surface area contributed by atoms with Gasteiger partial charge in [-0.1, -0.05) is 41.6 Å². The zero-order valence-corrected chi connectivity index (χ0v) is 17.2. The Hall–Kier alpha value is -2.57. The lowest BCUT2D eigenvalue weighted by molar-refractivity contribution is 0.540. The Kier molecular flexibility index (Phi) is 5.50. The van der Waals surface area contributed by atoms with Crippen molar-refractivity contribution in [3.63, 3.8) is 0 Å². The van der Waals surface area contributed by atoms with E-state index in [2.05, 4.69) is 26.7 Å². The van der Waals surface area contributed by atoms with Crippen LogP contribution in [-0.4, -0.2) is 19.7 Å². The SMILES string of the molecule is CCn1c(SCc2nc(-c3ccccc3)oc2C)nnc1-c1ccc(Cl)cc1. The fourth-order valence-corrected chi connectivity index (χ4v) is 4.02. The molecule has 0 atom stereocenters. The molecule has 0 fully saturated rings. The minimum atomic E-state index is 0.646. The van der Waals surface area contributed by atoms with Gasteiger partial charge in [-0.15, -0.1) is 10.2 Å². The van der Waals surface area contributed by atoms with Crippen LogP contribution in [-0.2, 0) is 12.3 Å². The second-order valence-corrected chi connectivity index (χ2v) is 7.61. The lowest BCUT2D eigenvalue weighted by atomic mass is 10.2. The molecule has 2 heterocycles. The molecular weight excluding hydrogens is 392 g/mol. The van der Waals surface area contributed by atoms with Crippen LogP contribution in [0, 0.1) is 6.92 Å². The van der Waals surface area contributed by atoms with Crippen LogP contribution in [0.2, 0.25) is 5.02 Å². The van der Waals surface area contributed by atoms with E-state index in [1.807, 2.05) is 61.5 Å². The zero-order chi connectivity index (χ0) is 19.5. The van der Waals surface area contributed by atoms with Crippen molar-refractivity contribution in [3.8, 4) is 22.8 Å². The van der Waals surface area contributed by atoms with Crippen LogP contribution < -0.4 is 0 Å². The summed E-state index contributed by atoms with van der Waals surface area (Å²) < 4.78 is 7.95. The van der Waals surface area contributed by atoms with Crippen molar-refractivity contribution in [1.82, 2.24) is 19.7 Å². The first-order chi connectivity index (χ1) is 13.7. The normalized spacial score (nSPS) is 11.1. The van der Waals surface area contributed by atoms with Gasteiger partial charge in [-0.25, -0.2) is 4.98 Å². The summed E-state index contributed by atoms with van der Waals surface area (Å²) in [4.78, 5) is 4.67. The van der Waals surface area contributed by atoms with E-state index in [4.69, 9.17) is 16.0 Å². The molecule has 28 heavy (non-hydrogen) atoms. The molecule has 4 rings (SSSR count). The van der Waals surface area contributed by atoms with Crippen LogP contribution in [0.15, 0.2) is 64.2 Å². The van der Waals surface area contributed by atoms with Crippen LogP contribution in [0.5, 0.6) is 0 Å². The molecule has 0 spiro atoms. The minimum absolute atomic E-state index is 0.646. The molecule has 0 unspecified atom stereocenters. The van der Waals surface area contributed by atoms with Gasteiger partial charge in [0.1, 0.15) is 5.76 Å². The largest absolute Gasteiger partial charge is 0.441 e. The summed E-state index contributed by atoms with van der Waals surface area (Å²) in [6.07, 6.45) is 0. The van der Waals surface area contributed by atoms with Crippen molar-refractivity contribution in [3.05, 3.63) is 71.1 Å². The number of nitrogens with zero attached hydrogens (tertiary/aromatic N) is 4. The first-order valence-electron chi connectivity index (χ1n) is 8.99. The lowest BCUT2D eigenvalue weighted by Gasteiger charge is -2.07. The molecule has 4 aromatic rings. The lowest BCUT2D eigenvalue weighted by Crippen LogP contribution is -2.00. The number of benzene rings is 2. The molecule has 2 aromatic heterocycles. The molecule has 0 saturated heterocycles. The van der Waals surface area contributed by atoms with E-state index in [0.29, 0.717) is 16.7 Å². The zero-order valence-electron chi connectivity index (χ0n) is 15.6. The molecule has 142 valence electrons. The summed E-state index contributed by atoms with van der Waals surface area (Å²) in [5, 5.41) is 10.3. The smallest absolute Gasteiger partial charge is 0.226 e. The Balaban J connectivity index is 1.54. The highest BCUT2D eigenvalue weighted by Crippen LogP contribution is 2.29. The topological polar surface area (TPSA) is 56.7 Å². The molecular formula is C21H19ClN4OS. The highest BCUT2D eigenvalue weighted by Gasteiger charge is 2.16. The third-order valence-corrected chi connectivity index (χ3v) is 5.62. The van der Waals surface area contributed by atoms with Crippen LogP contribution in [0.3, 0.4) is 0 Å². The van der Waals surface area contributed by atoms with Gasteiger partial charge in [0.05, 0.1) is 5.69 Å². The van der Waals surface area contributed by atoms with Crippen molar-refractivity contribution < 1.29 is 4.42 Å². The molecule has 0 amide bonds. The van der Waals surface area contributed by atoms with E-state index in [0.717, 1.165) is 40.1 Å². The monoisotopic (exact) mass is 410 g/mol. The van der Waals surface area contributed by atoms with Crippen LogP contribution >= 0.6 is 23.4 Å². The number of aryl methyl sites for hydroxylation is 1. The van der Waals surface area contributed by atoms with E-state index in [1.54, 1.807) is 11.8 Å². The molecule has 0 aliphatic heterocycles. The Morgan fingerprint density at radius 3 is 2.46 bits per heavy atom. The Labute approximate surface area is 172 Å². The third kappa shape index (κ3) is 3.84. The Morgan fingerprint density at radius 2 is 1.75 bits per heavy atom. The Morgan fingerprint density at radius 1 is 1.00 bits per heavy atom. The van der Waals surface area contributed by atoms with Crippen LogP contribution in [0.4, 0.5) is 0 Å². The molecule has 0 saturated carbocycles. The molecule has 0 bridgehead atoms. The predicted molar refractivity (Wildman–Crippen MR) is 112 cm³/mol. The van der Waals surface area contributed by atoms with E-state index < -0.39 is 0 Å². The summed E-state index contributed by atoms with van der Waals surface area (Å²) in [5.41, 5.74) is 2.89. The standard InChI is InChI=1S/C21H19ClN4OS/c1-3-26-19(15-9-11-17(22)12-10-15)24-25-21(26)28-13-18-14(2)27-20(23-18)16-7-5-4-6-8-16/h4-12H,3,13H2,1-2H3. The van der Waals surface area contributed by atoms with Crippen molar-refractivity contribution >= 4 is 23.4 Å². The van der Waals surface area contributed by atoms with Gasteiger partial charge in [-0.3, -0.25) is 0 Å². The Bertz CT molecular complexity index is 1070. The maximum absolute atomic E-state index is 5.99. The second-order valence-electron chi connectivity index (χ2n) is 6.23. The number of halogens is 1. The average Bonchev–Trinajstić information content (AvgIpc) is 3.30. The summed E-state index contributed by atoms with van der Waals surface area (Å²) in [5.74, 6) is 2.98. The number of aromatic nitrogens is 4. The molecule has 7 heteroatoms. The molecule has 0 N–H and O–H groups in total. The number of rotatable bonds is 6. The number of hydrogen-bond donors (Lipinski definition) is 0. The first kappa shape index (κ1) is 18.8. The predicted octanol–water partition coefficient (Wildman–Crippen LogP) is 5.87. The van der Waals surface area contributed by atoms with Crippen molar-refractivity contribution in [2.24, 2.45) is 0 Å². The second kappa shape index (κ2) is 8.20. The highest BCUT2D eigenvalue weighted by atomic mass is 35.5. The minimum Gasteiger partial charge on any atom is -0.441 e. The first-order valence-corrected chi connectivity index (χ1v) is 10.4. The van der Waals surface area contributed by atoms with Crippen LogP contribution in [0.25, 0.3) is 22.8 Å². The quantitative estimate of drug-likeness (QED) is 0.372. The fourth-order valence-electron chi connectivity index (χ4n) is 2.89. The summed E-state index contributed by atoms with van der Waals surface area (Å²) in [6.45, 7) is 4.81. The highest BCUT2D eigenvalue weighted by molar-refractivity contribution is 7.98. The third-order valence-electron chi connectivity index (χ3n) is 4.39. The summed E-state index contributed by atoms with van der Waals surface area (Å²) in [6, 6.07) is 17.6. The van der Waals surface area contributed by atoms with Gasteiger partial charge in [0.15, 0.2) is 11.0 Å². The van der Waals surface area contributed by atoms with Crippen molar-refractivity contribution in [2.75, 3.05) is 0 Å². The summed E-state index contributed by atoms with van der Waals surface area (Å²) in [7, 11) is 0. The van der Waals surface area contributed by atoms with Crippen LogP contribution in [0.1, 0.15) is 18.4 Å². The molecule has 0 radical (unpaired) electrons. The van der Waals surface area contributed by atoms with E-state index in [-0.39, 0.29) is 0 Å². The van der Waals surface area contributed by atoms with E-state index >= 15 is 0 Å². The molecule has 0 aliphatic rings. The van der Waals surface area contributed by atoms with Gasteiger partial charge in [-0.05, 0) is 50.2 Å². The van der Waals surface area contributed by atoms with E-state index in [1.165, 1.54) is 0 Å². The van der Waals surface area contributed by atoms with Gasteiger partial charge in [-0.2, -0.15) is 0 Å². The van der Waals surface area contributed by atoms with E-state index in [9.17, 15) is 0 Å². The van der Waals surface area contributed by atoms with Crippen molar-refractivity contribution in [1.29, 1.82) is 0 Å². The number of hydrogen-bond acceptors (Lipinski definition) is 5. The molecule has 2 aromatic carbocycles. The molecule has 5 nitrogen and oxygen atoms in total. The van der Waals surface area contributed by atoms with Gasteiger partial charge < -0.3 is 8.98 Å². The fraction of sp³-hybridized carbons (Fsp3) is 0.190. The maximum atomic E-state index is 5.99. The maximum Gasteiger partial charge on any atom is 0.226 e. The average molecular weight is 411 g/mol. The van der Waals surface area contributed by atoms with Gasteiger partial charge in [0.2, 0.25) is 5.89 Å². The number of oxazole rings is 1. The van der Waals surface area contributed by atoms with Gasteiger partial charge >= 0.3 is 0 Å². The summed E-state index contributed by atoms with van der Waals surface area (Å²) >= 11 is 7.60. The van der Waals surface area contributed by atoms with Gasteiger partial charge in [0, 0.05) is 28.4 Å². The van der Waals surface area contributed by atoms with Crippen molar-refractivity contribution in [2.45, 2.75) is 31.3 Å². The molecule has 0 aliphatic carbocycles. The number of thioether (sulfide) groups is 1.